The van der Waals surface area contributed by atoms with Crippen LogP contribution in [0.5, 0.6) is 0 Å². The highest BCUT2D eigenvalue weighted by Crippen LogP contribution is 2.34. The van der Waals surface area contributed by atoms with Gasteiger partial charge in [0.1, 0.15) is 0 Å². The fourth-order valence-corrected chi connectivity index (χ4v) is 4.16. The van der Waals surface area contributed by atoms with Gasteiger partial charge in [-0.25, -0.2) is 9.67 Å². The minimum atomic E-state index is 0.119. The van der Waals surface area contributed by atoms with Crippen LogP contribution in [0.4, 0.5) is 0 Å². The number of benzene rings is 2. The maximum atomic E-state index is 12.8. The lowest BCUT2D eigenvalue weighted by molar-refractivity contribution is 0.0963. The van der Waals surface area contributed by atoms with E-state index < -0.39 is 0 Å². The molecule has 0 saturated carbocycles. The summed E-state index contributed by atoms with van der Waals surface area (Å²) in [6.45, 7) is 6.64. The average molecular weight is 384 g/mol. The summed E-state index contributed by atoms with van der Waals surface area (Å²) in [5.41, 5.74) is 6.13. The zero-order valence-electron chi connectivity index (χ0n) is 16.9. The van der Waals surface area contributed by atoms with Crippen LogP contribution in [0.3, 0.4) is 0 Å². The Kier molecular flexibility index (Phi) is 3.95. The number of ketones is 1. The van der Waals surface area contributed by atoms with E-state index in [0.717, 1.165) is 23.1 Å². The average Bonchev–Trinajstić information content (AvgIpc) is 3.31. The monoisotopic (exact) mass is 384 g/mol. The number of hydrogen-bond donors (Lipinski definition) is 1. The van der Waals surface area contributed by atoms with Gasteiger partial charge in [-0.1, -0.05) is 57.2 Å². The van der Waals surface area contributed by atoms with E-state index in [2.05, 4.69) is 60.1 Å². The van der Waals surface area contributed by atoms with Crippen molar-refractivity contribution in [3.8, 4) is 5.95 Å². The van der Waals surface area contributed by atoms with Gasteiger partial charge in [-0.05, 0) is 41.0 Å². The Morgan fingerprint density at radius 1 is 1.03 bits per heavy atom. The summed E-state index contributed by atoms with van der Waals surface area (Å²) in [6.07, 6.45) is 2.98. The fourth-order valence-electron chi connectivity index (χ4n) is 4.16. The number of H-pyrrole nitrogens is 1. The highest BCUT2D eigenvalue weighted by atomic mass is 16.1. The molecule has 1 aliphatic carbocycles. The fraction of sp³-hybridized carbons (Fsp3) is 0.292. The van der Waals surface area contributed by atoms with Crippen LogP contribution < -0.4 is 0 Å². The number of Topliss-reactive ketones (excluding diaryl/α,β-unsaturated/α-hetero) is 1. The molecule has 4 aromatic rings. The van der Waals surface area contributed by atoms with Crippen LogP contribution in [0.1, 0.15) is 60.3 Å². The van der Waals surface area contributed by atoms with Crippen molar-refractivity contribution in [1.29, 1.82) is 0 Å². The molecular formula is C24H24N4O. The maximum absolute atomic E-state index is 12.8. The third-order valence-corrected chi connectivity index (χ3v) is 5.87. The summed E-state index contributed by atoms with van der Waals surface area (Å²) < 4.78 is 1.79. The van der Waals surface area contributed by atoms with E-state index in [4.69, 9.17) is 0 Å². The summed E-state index contributed by atoms with van der Waals surface area (Å²) in [5, 5.41) is 4.49. The Balaban J connectivity index is 1.51. The molecule has 0 bridgehead atoms. The molecule has 0 aliphatic heterocycles. The van der Waals surface area contributed by atoms with Gasteiger partial charge in [-0.15, -0.1) is 0 Å². The minimum absolute atomic E-state index is 0.119. The number of nitrogens with zero attached hydrogens (tertiary/aromatic N) is 3. The lowest BCUT2D eigenvalue weighted by atomic mass is 9.80. The third-order valence-electron chi connectivity index (χ3n) is 5.87. The molecule has 0 radical (unpaired) electrons. The Hall–Kier alpha value is -3.21. The topological polar surface area (TPSA) is 63.6 Å². The molecule has 0 unspecified atom stereocenters. The van der Waals surface area contributed by atoms with Crippen molar-refractivity contribution in [3.05, 3.63) is 77.1 Å². The SMILES string of the molecule is CC(C)(C)c1ccc([C@H]2CC(=O)c3cnn(-c4nc5ccccc5[nH]4)c3C2)cc1. The lowest BCUT2D eigenvalue weighted by Gasteiger charge is -2.24. The first kappa shape index (κ1) is 17.9. The molecule has 5 rings (SSSR count). The molecule has 0 saturated heterocycles. The Morgan fingerprint density at radius 3 is 2.52 bits per heavy atom. The highest BCUT2D eigenvalue weighted by molar-refractivity contribution is 5.98. The number of nitrogens with one attached hydrogen (secondary N) is 1. The van der Waals surface area contributed by atoms with Gasteiger partial charge in [-0.3, -0.25) is 4.79 Å². The Morgan fingerprint density at radius 2 is 1.79 bits per heavy atom. The zero-order chi connectivity index (χ0) is 20.2. The molecule has 1 aliphatic rings. The normalized spacial score (nSPS) is 16.9. The van der Waals surface area contributed by atoms with E-state index >= 15 is 0 Å². The van der Waals surface area contributed by atoms with E-state index in [0.29, 0.717) is 17.9 Å². The first-order valence-electron chi connectivity index (χ1n) is 10.1. The van der Waals surface area contributed by atoms with Gasteiger partial charge in [0.2, 0.25) is 5.95 Å². The molecule has 2 aromatic carbocycles. The summed E-state index contributed by atoms with van der Waals surface area (Å²) in [5.74, 6) is 0.964. The summed E-state index contributed by atoms with van der Waals surface area (Å²) in [6, 6.07) is 16.6. The largest absolute Gasteiger partial charge is 0.322 e. The van der Waals surface area contributed by atoms with E-state index in [1.807, 2.05) is 24.3 Å². The second kappa shape index (κ2) is 6.41. The van der Waals surface area contributed by atoms with Crippen molar-refractivity contribution in [2.45, 2.75) is 44.9 Å². The van der Waals surface area contributed by atoms with Gasteiger partial charge in [0.25, 0.3) is 0 Å². The van der Waals surface area contributed by atoms with Crippen molar-refractivity contribution in [2.24, 2.45) is 0 Å². The van der Waals surface area contributed by atoms with Crippen molar-refractivity contribution in [3.63, 3.8) is 0 Å². The maximum Gasteiger partial charge on any atom is 0.229 e. The molecular weight excluding hydrogens is 360 g/mol. The summed E-state index contributed by atoms with van der Waals surface area (Å²) in [4.78, 5) is 20.8. The van der Waals surface area contributed by atoms with Crippen LogP contribution in [-0.4, -0.2) is 25.5 Å². The minimum Gasteiger partial charge on any atom is -0.322 e. The number of aromatic amines is 1. The van der Waals surface area contributed by atoms with Crippen molar-refractivity contribution >= 4 is 16.8 Å². The Bertz CT molecular complexity index is 1170. The smallest absolute Gasteiger partial charge is 0.229 e. The highest BCUT2D eigenvalue weighted by Gasteiger charge is 2.31. The molecule has 1 N–H and O–H groups in total. The molecule has 1 atom stereocenters. The zero-order valence-corrected chi connectivity index (χ0v) is 16.9. The van der Waals surface area contributed by atoms with Gasteiger partial charge in [0, 0.05) is 6.42 Å². The van der Waals surface area contributed by atoms with Crippen LogP contribution in [-0.2, 0) is 11.8 Å². The van der Waals surface area contributed by atoms with Gasteiger partial charge < -0.3 is 4.98 Å². The van der Waals surface area contributed by atoms with Gasteiger partial charge in [-0.2, -0.15) is 5.10 Å². The first-order valence-corrected chi connectivity index (χ1v) is 10.1. The predicted octanol–water partition coefficient (Wildman–Crippen LogP) is 4.96. The van der Waals surface area contributed by atoms with Gasteiger partial charge in [0.15, 0.2) is 5.78 Å². The summed E-state index contributed by atoms with van der Waals surface area (Å²) in [7, 11) is 0. The number of carbonyl (C=O) groups is 1. The lowest BCUT2D eigenvalue weighted by Crippen LogP contribution is -2.20. The quantitative estimate of drug-likeness (QED) is 0.531. The standard InChI is InChI=1S/C24H24N4O/c1-24(2,3)17-10-8-15(9-11-17)16-12-21-18(22(29)13-16)14-25-28(21)23-26-19-6-4-5-7-20(19)27-23/h4-11,14,16H,12-13H2,1-3H3,(H,26,27)/t16-/m1/s1. The number of carbonyl (C=O) groups excluding carboxylic acids is 1. The Labute approximate surface area is 169 Å². The third kappa shape index (κ3) is 3.07. The molecule has 5 nitrogen and oxygen atoms in total. The van der Waals surface area contributed by atoms with Crippen molar-refractivity contribution in [1.82, 2.24) is 19.7 Å². The summed E-state index contributed by atoms with van der Waals surface area (Å²) >= 11 is 0. The van der Waals surface area contributed by atoms with E-state index in [1.54, 1.807) is 10.9 Å². The number of rotatable bonds is 2. The number of fused-ring (bicyclic) bond motifs is 2. The molecule has 5 heteroatoms. The number of aromatic nitrogens is 4. The van der Waals surface area contributed by atoms with E-state index in [9.17, 15) is 4.79 Å². The second-order valence-corrected chi connectivity index (χ2v) is 8.89. The van der Waals surface area contributed by atoms with E-state index in [-0.39, 0.29) is 17.1 Å². The second-order valence-electron chi connectivity index (χ2n) is 8.89. The van der Waals surface area contributed by atoms with E-state index in [1.165, 1.54) is 11.1 Å². The molecule has 2 heterocycles. The van der Waals surface area contributed by atoms with Crippen molar-refractivity contribution < 1.29 is 4.79 Å². The van der Waals surface area contributed by atoms with Crippen LogP contribution >= 0.6 is 0 Å². The van der Waals surface area contributed by atoms with Crippen LogP contribution in [0.2, 0.25) is 0 Å². The van der Waals surface area contributed by atoms with Gasteiger partial charge >= 0.3 is 0 Å². The molecule has 0 spiro atoms. The van der Waals surface area contributed by atoms with Crippen molar-refractivity contribution in [2.75, 3.05) is 0 Å². The number of imidazole rings is 1. The first-order chi connectivity index (χ1) is 13.9. The molecule has 29 heavy (non-hydrogen) atoms. The molecule has 0 fully saturated rings. The van der Waals surface area contributed by atoms with Crippen LogP contribution in [0.15, 0.2) is 54.7 Å². The van der Waals surface area contributed by atoms with Gasteiger partial charge in [0.05, 0.1) is 28.5 Å². The molecule has 0 amide bonds. The molecule has 146 valence electrons. The van der Waals surface area contributed by atoms with Crippen LogP contribution in [0, 0.1) is 0 Å². The number of hydrogen-bond acceptors (Lipinski definition) is 3. The van der Waals surface area contributed by atoms with Crippen LogP contribution in [0.25, 0.3) is 17.0 Å². The molecule has 2 aromatic heterocycles. The number of para-hydroxylation sites is 2. The predicted molar refractivity (Wildman–Crippen MR) is 114 cm³/mol.